The van der Waals surface area contributed by atoms with Gasteiger partial charge < -0.3 is 24.6 Å². The molecule has 0 spiro atoms. The van der Waals surface area contributed by atoms with Crippen LogP contribution in [-0.4, -0.2) is 58.0 Å². The van der Waals surface area contributed by atoms with Gasteiger partial charge in [-0.05, 0) is 64.2 Å². The number of aliphatic hydroxyl groups excluding tert-OH is 1. The number of benzene rings is 1. The number of carbonyl (C=O) groups is 2. The summed E-state index contributed by atoms with van der Waals surface area (Å²) in [6, 6.07) is 5.03. The van der Waals surface area contributed by atoms with Crippen molar-refractivity contribution in [1.29, 1.82) is 0 Å². The minimum atomic E-state index is -1.14. The first-order valence-electron chi connectivity index (χ1n) is 11.0. The smallest absolute Gasteiger partial charge is 0.410 e. The van der Waals surface area contributed by atoms with Gasteiger partial charge in [0.15, 0.2) is 0 Å². The SMILES string of the molecule is COc1ccc2ncc(F)c([C@H](O)CCC3CCN(C(=O)OC(C)(C)C)C[C@H]3C(=O)O)c2c1. The van der Waals surface area contributed by atoms with E-state index in [4.69, 9.17) is 9.47 Å². The van der Waals surface area contributed by atoms with E-state index in [1.54, 1.807) is 39.0 Å². The van der Waals surface area contributed by atoms with Crippen LogP contribution < -0.4 is 4.74 Å². The average molecular weight is 463 g/mol. The minimum absolute atomic E-state index is 0.0365. The lowest BCUT2D eigenvalue weighted by Crippen LogP contribution is -2.48. The zero-order chi connectivity index (χ0) is 24.3. The molecule has 1 saturated heterocycles. The third-order valence-corrected chi connectivity index (χ3v) is 5.94. The summed E-state index contributed by atoms with van der Waals surface area (Å²) in [5.74, 6) is -2.17. The highest BCUT2D eigenvalue weighted by molar-refractivity contribution is 5.84. The molecule has 3 atom stereocenters. The Morgan fingerprint density at radius 2 is 2.06 bits per heavy atom. The number of carbonyl (C=O) groups excluding carboxylic acids is 1. The van der Waals surface area contributed by atoms with Crippen LogP contribution in [0.25, 0.3) is 10.9 Å². The van der Waals surface area contributed by atoms with E-state index in [2.05, 4.69) is 4.98 Å². The number of nitrogens with zero attached hydrogens (tertiary/aromatic N) is 2. The van der Waals surface area contributed by atoms with E-state index in [9.17, 15) is 24.2 Å². The van der Waals surface area contributed by atoms with Gasteiger partial charge in [0.25, 0.3) is 0 Å². The number of likely N-dealkylation sites (tertiary alicyclic amines) is 1. The maximum absolute atomic E-state index is 14.6. The molecule has 1 aromatic carbocycles. The van der Waals surface area contributed by atoms with Gasteiger partial charge in [0.05, 0.1) is 30.8 Å². The summed E-state index contributed by atoms with van der Waals surface area (Å²) in [5, 5.41) is 21.0. The fourth-order valence-electron chi connectivity index (χ4n) is 4.27. The lowest BCUT2D eigenvalue weighted by atomic mass is 9.81. The van der Waals surface area contributed by atoms with Crippen LogP contribution in [0.15, 0.2) is 24.4 Å². The number of hydrogen-bond acceptors (Lipinski definition) is 6. The van der Waals surface area contributed by atoms with Gasteiger partial charge in [0.1, 0.15) is 17.2 Å². The number of methoxy groups -OCH3 is 1. The second kappa shape index (κ2) is 9.91. The Hall–Kier alpha value is -2.94. The van der Waals surface area contributed by atoms with Gasteiger partial charge in [-0.1, -0.05) is 0 Å². The van der Waals surface area contributed by atoms with Crippen LogP contribution in [0.2, 0.25) is 0 Å². The molecule has 8 nitrogen and oxygen atoms in total. The van der Waals surface area contributed by atoms with Gasteiger partial charge in [-0.3, -0.25) is 9.78 Å². The number of hydrogen-bond donors (Lipinski definition) is 2. The molecule has 0 saturated carbocycles. The molecule has 180 valence electrons. The summed E-state index contributed by atoms with van der Waals surface area (Å²) >= 11 is 0. The maximum atomic E-state index is 14.6. The molecular weight excluding hydrogens is 431 g/mol. The maximum Gasteiger partial charge on any atom is 0.410 e. The standard InChI is InChI=1S/C24H31FN2O6/c1-24(2,3)33-23(31)27-10-9-14(17(13-27)22(29)30)5-8-20(28)21-16-11-15(32-4)6-7-19(16)26-12-18(21)25/h6-7,11-12,14,17,20,28H,5,8-10,13H2,1-4H3,(H,29,30)/t14?,17-,20-/m1/s1. The second-order valence-corrected chi connectivity index (χ2v) is 9.42. The number of carboxylic acid groups (broad SMARTS) is 1. The Morgan fingerprint density at radius 3 is 2.70 bits per heavy atom. The number of aromatic nitrogens is 1. The first-order valence-corrected chi connectivity index (χ1v) is 11.0. The lowest BCUT2D eigenvalue weighted by Gasteiger charge is -2.37. The van der Waals surface area contributed by atoms with Gasteiger partial charge in [0, 0.05) is 24.0 Å². The normalized spacial score (nSPS) is 19.9. The van der Waals surface area contributed by atoms with E-state index in [1.165, 1.54) is 12.0 Å². The van der Waals surface area contributed by atoms with E-state index >= 15 is 0 Å². The molecular formula is C24H31FN2O6. The van der Waals surface area contributed by atoms with Crippen molar-refractivity contribution in [1.82, 2.24) is 9.88 Å². The summed E-state index contributed by atoms with van der Waals surface area (Å²) in [6.07, 6.45) is 0.400. The molecule has 0 radical (unpaired) electrons. The molecule has 1 aliphatic heterocycles. The number of aliphatic carboxylic acids is 1. The molecule has 1 aromatic heterocycles. The number of aliphatic hydroxyl groups is 1. The van der Waals surface area contributed by atoms with Crippen molar-refractivity contribution in [3.63, 3.8) is 0 Å². The van der Waals surface area contributed by atoms with Crippen molar-refractivity contribution >= 4 is 23.0 Å². The molecule has 33 heavy (non-hydrogen) atoms. The van der Waals surface area contributed by atoms with Crippen LogP contribution in [0.1, 0.15) is 51.7 Å². The first kappa shape index (κ1) is 24.7. The van der Waals surface area contributed by atoms with E-state index in [0.29, 0.717) is 36.0 Å². The minimum Gasteiger partial charge on any atom is -0.497 e. The number of pyridine rings is 1. The number of fused-ring (bicyclic) bond motifs is 1. The molecule has 0 bridgehead atoms. The third-order valence-electron chi connectivity index (χ3n) is 5.94. The fraction of sp³-hybridized carbons (Fsp3) is 0.542. The van der Waals surface area contributed by atoms with Crippen molar-refractivity contribution in [3.05, 3.63) is 35.8 Å². The molecule has 2 N–H and O–H groups in total. The Morgan fingerprint density at radius 1 is 1.33 bits per heavy atom. The van der Waals surface area contributed by atoms with Gasteiger partial charge >= 0.3 is 12.1 Å². The number of ether oxygens (including phenoxy) is 2. The zero-order valence-electron chi connectivity index (χ0n) is 19.4. The quantitative estimate of drug-likeness (QED) is 0.664. The van der Waals surface area contributed by atoms with E-state index in [1.807, 2.05) is 0 Å². The van der Waals surface area contributed by atoms with Gasteiger partial charge in [0.2, 0.25) is 0 Å². The van der Waals surface area contributed by atoms with Crippen LogP contribution in [-0.2, 0) is 9.53 Å². The topological polar surface area (TPSA) is 109 Å². The van der Waals surface area contributed by atoms with Gasteiger partial charge in [-0.25, -0.2) is 9.18 Å². The van der Waals surface area contributed by atoms with Crippen molar-refractivity contribution < 1.29 is 33.7 Å². The van der Waals surface area contributed by atoms with Crippen molar-refractivity contribution in [2.45, 2.75) is 51.7 Å². The molecule has 3 rings (SSSR count). The highest BCUT2D eigenvalue weighted by atomic mass is 19.1. The molecule has 1 aliphatic rings. The summed E-state index contributed by atoms with van der Waals surface area (Å²) in [6.45, 7) is 5.67. The Kier molecular flexibility index (Phi) is 7.41. The van der Waals surface area contributed by atoms with Crippen molar-refractivity contribution in [2.24, 2.45) is 11.8 Å². The predicted octanol–water partition coefficient (Wildman–Crippen LogP) is 4.15. The number of piperidine rings is 1. The Balaban J connectivity index is 1.72. The highest BCUT2D eigenvalue weighted by Gasteiger charge is 2.37. The second-order valence-electron chi connectivity index (χ2n) is 9.42. The molecule has 1 fully saturated rings. The monoisotopic (exact) mass is 462 g/mol. The Labute approximate surface area is 192 Å². The summed E-state index contributed by atoms with van der Waals surface area (Å²) in [4.78, 5) is 29.8. The fourth-order valence-corrected chi connectivity index (χ4v) is 4.27. The molecule has 9 heteroatoms. The van der Waals surface area contributed by atoms with E-state index in [-0.39, 0.29) is 24.4 Å². The number of rotatable bonds is 6. The van der Waals surface area contributed by atoms with Crippen molar-refractivity contribution in [2.75, 3.05) is 20.2 Å². The van der Waals surface area contributed by atoms with E-state index in [0.717, 1.165) is 6.20 Å². The highest BCUT2D eigenvalue weighted by Crippen LogP contribution is 2.35. The molecule has 2 heterocycles. The van der Waals surface area contributed by atoms with Gasteiger partial charge in [-0.15, -0.1) is 0 Å². The Bertz CT molecular complexity index is 1020. The van der Waals surface area contributed by atoms with Crippen LogP contribution >= 0.6 is 0 Å². The molecule has 0 aliphatic carbocycles. The summed E-state index contributed by atoms with van der Waals surface area (Å²) in [7, 11) is 1.50. The first-order chi connectivity index (χ1) is 15.5. The molecule has 1 unspecified atom stereocenters. The summed E-state index contributed by atoms with van der Waals surface area (Å²) in [5.41, 5.74) is -0.0195. The van der Waals surface area contributed by atoms with Crippen LogP contribution in [0.4, 0.5) is 9.18 Å². The van der Waals surface area contributed by atoms with Crippen LogP contribution in [0, 0.1) is 17.7 Å². The lowest BCUT2D eigenvalue weighted by molar-refractivity contribution is -0.146. The summed E-state index contributed by atoms with van der Waals surface area (Å²) < 4.78 is 25.2. The average Bonchev–Trinajstić information content (AvgIpc) is 2.75. The third kappa shape index (κ3) is 5.90. The zero-order valence-corrected chi connectivity index (χ0v) is 19.4. The largest absolute Gasteiger partial charge is 0.497 e. The molecule has 1 amide bonds. The van der Waals surface area contributed by atoms with Crippen LogP contribution in [0.3, 0.4) is 0 Å². The number of amides is 1. The number of halogens is 1. The predicted molar refractivity (Wildman–Crippen MR) is 119 cm³/mol. The van der Waals surface area contributed by atoms with Gasteiger partial charge in [-0.2, -0.15) is 0 Å². The van der Waals surface area contributed by atoms with E-state index < -0.39 is 35.5 Å². The molecule has 2 aromatic rings. The van der Waals surface area contributed by atoms with Crippen molar-refractivity contribution in [3.8, 4) is 5.75 Å². The number of carboxylic acids is 1. The van der Waals surface area contributed by atoms with Crippen LogP contribution in [0.5, 0.6) is 5.75 Å².